The lowest BCUT2D eigenvalue weighted by molar-refractivity contribution is 0.0985. The maximum absolute atomic E-state index is 5.80. The van der Waals surface area contributed by atoms with Crippen molar-refractivity contribution in [2.45, 2.75) is 25.8 Å². The molecule has 2 saturated heterocycles. The molecule has 1 unspecified atom stereocenters. The van der Waals surface area contributed by atoms with Gasteiger partial charge in [-0.2, -0.15) is 16.7 Å². The van der Waals surface area contributed by atoms with Crippen LogP contribution >= 0.6 is 11.8 Å². The van der Waals surface area contributed by atoms with Gasteiger partial charge in [0.1, 0.15) is 11.6 Å². The van der Waals surface area contributed by atoms with E-state index in [-0.39, 0.29) is 12.2 Å². The third-order valence-corrected chi connectivity index (χ3v) is 5.57. The molecule has 0 bridgehead atoms. The predicted octanol–water partition coefficient (Wildman–Crippen LogP) is 3.03. The Balaban J connectivity index is 0.000000408. The smallest absolute Gasteiger partial charge is 0.215 e. The van der Waals surface area contributed by atoms with Gasteiger partial charge in [0, 0.05) is 24.4 Å². The molecular weight excluding hydrogens is 376 g/mol. The minimum atomic E-state index is 0. The fourth-order valence-corrected chi connectivity index (χ4v) is 4.01. The molecule has 0 spiro atoms. The van der Waals surface area contributed by atoms with E-state index in [0.717, 1.165) is 17.9 Å². The standard InChI is InChI=1S/C15H19N5O2.C4H8S.H3N/c1-10-9-22-6-5-20(10)13-3-4-17-15(19-13)11-7-12(16)18-14(8-11)21-2;1-2-4-5-3-1;/h3-4,7-8,10H,5-6,9H2,1-2H3,(H2,16,18);1-4H2;1H3. The van der Waals surface area contributed by atoms with Gasteiger partial charge in [0.2, 0.25) is 5.88 Å². The van der Waals surface area contributed by atoms with Crippen molar-refractivity contribution in [1.82, 2.24) is 21.1 Å². The molecule has 4 rings (SSSR count). The molecular formula is C19H30N6O2S. The number of nitrogen functional groups attached to an aromatic ring is 1. The molecule has 2 fully saturated rings. The Kier molecular flexibility index (Phi) is 8.75. The number of rotatable bonds is 3. The molecule has 0 aliphatic carbocycles. The Morgan fingerprint density at radius 3 is 2.68 bits per heavy atom. The lowest BCUT2D eigenvalue weighted by Gasteiger charge is -2.34. The monoisotopic (exact) mass is 406 g/mol. The first-order chi connectivity index (χ1) is 13.2. The number of hydrogen-bond donors (Lipinski definition) is 2. The summed E-state index contributed by atoms with van der Waals surface area (Å²) in [5.41, 5.74) is 6.59. The van der Waals surface area contributed by atoms with E-state index < -0.39 is 0 Å². The zero-order valence-electron chi connectivity index (χ0n) is 16.6. The fourth-order valence-electron chi connectivity index (χ4n) is 2.99. The summed E-state index contributed by atoms with van der Waals surface area (Å²) in [5, 5.41) is 0. The number of ether oxygens (including phenoxy) is 2. The summed E-state index contributed by atoms with van der Waals surface area (Å²) < 4.78 is 10.6. The molecule has 2 aliphatic rings. The van der Waals surface area contributed by atoms with Gasteiger partial charge < -0.3 is 26.3 Å². The van der Waals surface area contributed by atoms with E-state index in [1.54, 1.807) is 25.4 Å². The number of nitrogens with zero attached hydrogens (tertiary/aromatic N) is 4. The molecule has 4 heterocycles. The third-order valence-electron chi connectivity index (χ3n) is 4.42. The van der Waals surface area contributed by atoms with Crippen LogP contribution in [0.3, 0.4) is 0 Å². The van der Waals surface area contributed by atoms with Crippen molar-refractivity contribution in [2.24, 2.45) is 0 Å². The number of hydrogen-bond acceptors (Lipinski definition) is 9. The average molecular weight is 407 g/mol. The van der Waals surface area contributed by atoms with Crippen LogP contribution in [0.1, 0.15) is 19.8 Å². The Morgan fingerprint density at radius 1 is 1.25 bits per heavy atom. The molecule has 0 aromatic carbocycles. The van der Waals surface area contributed by atoms with Crippen LogP contribution in [-0.2, 0) is 4.74 Å². The highest BCUT2D eigenvalue weighted by atomic mass is 32.2. The van der Waals surface area contributed by atoms with Gasteiger partial charge in [0.25, 0.3) is 0 Å². The van der Waals surface area contributed by atoms with Crippen molar-refractivity contribution in [3.63, 3.8) is 0 Å². The summed E-state index contributed by atoms with van der Waals surface area (Å²) in [7, 11) is 1.55. The summed E-state index contributed by atoms with van der Waals surface area (Å²) >= 11 is 2.07. The van der Waals surface area contributed by atoms with Crippen LogP contribution in [-0.4, -0.2) is 59.4 Å². The number of thioether (sulfide) groups is 1. The highest BCUT2D eigenvalue weighted by molar-refractivity contribution is 7.99. The maximum atomic E-state index is 5.80. The minimum Gasteiger partial charge on any atom is -0.481 e. The van der Waals surface area contributed by atoms with Crippen molar-refractivity contribution in [2.75, 3.05) is 49.0 Å². The number of aromatic nitrogens is 3. The summed E-state index contributed by atoms with van der Waals surface area (Å²) in [6, 6.07) is 5.71. The van der Waals surface area contributed by atoms with Gasteiger partial charge in [-0.25, -0.2) is 9.97 Å². The molecule has 0 saturated carbocycles. The Hall–Kier alpha value is -2.10. The quantitative estimate of drug-likeness (QED) is 0.792. The van der Waals surface area contributed by atoms with Gasteiger partial charge in [-0.05, 0) is 43.4 Å². The van der Waals surface area contributed by atoms with Gasteiger partial charge >= 0.3 is 0 Å². The van der Waals surface area contributed by atoms with Crippen molar-refractivity contribution in [3.8, 4) is 17.3 Å². The second-order valence-electron chi connectivity index (χ2n) is 6.50. The maximum Gasteiger partial charge on any atom is 0.215 e. The van der Waals surface area contributed by atoms with Gasteiger partial charge in [0.05, 0.1) is 26.4 Å². The molecule has 154 valence electrons. The van der Waals surface area contributed by atoms with E-state index in [1.165, 1.54) is 24.3 Å². The molecule has 2 aromatic heterocycles. The number of nitrogens with two attached hydrogens (primary N) is 1. The SMILES string of the molecule is C1CCSC1.COc1cc(-c2nccc(N3CCOCC3C)n2)cc(N)n1.N. The van der Waals surface area contributed by atoms with Crippen LogP contribution in [0.5, 0.6) is 5.88 Å². The van der Waals surface area contributed by atoms with Crippen molar-refractivity contribution >= 4 is 23.4 Å². The first-order valence-electron chi connectivity index (χ1n) is 9.24. The largest absolute Gasteiger partial charge is 0.481 e. The zero-order valence-corrected chi connectivity index (χ0v) is 17.5. The van der Waals surface area contributed by atoms with Crippen LogP contribution in [0.2, 0.25) is 0 Å². The third kappa shape index (κ3) is 5.95. The predicted molar refractivity (Wildman–Crippen MR) is 115 cm³/mol. The van der Waals surface area contributed by atoms with Gasteiger partial charge in [-0.15, -0.1) is 0 Å². The molecule has 2 aliphatic heterocycles. The Bertz CT molecular complexity index is 737. The van der Waals surface area contributed by atoms with E-state index in [1.807, 2.05) is 6.07 Å². The van der Waals surface area contributed by atoms with Crippen molar-refractivity contribution in [1.29, 1.82) is 0 Å². The number of morpholine rings is 1. The first-order valence-corrected chi connectivity index (χ1v) is 10.4. The highest BCUT2D eigenvalue weighted by Gasteiger charge is 2.20. The van der Waals surface area contributed by atoms with E-state index in [2.05, 4.69) is 38.5 Å². The fraction of sp³-hybridized carbons (Fsp3) is 0.526. The van der Waals surface area contributed by atoms with Gasteiger partial charge in [-0.1, -0.05) is 0 Å². The Labute approximate surface area is 170 Å². The summed E-state index contributed by atoms with van der Waals surface area (Å²) in [6.45, 7) is 4.35. The summed E-state index contributed by atoms with van der Waals surface area (Å²) in [6.07, 6.45) is 4.68. The molecule has 28 heavy (non-hydrogen) atoms. The zero-order chi connectivity index (χ0) is 19.1. The highest BCUT2D eigenvalue weighted by Crippen LogP contribution is 2.24. The molecule has 8 nitrogen and oxygen atoms in total. The van der Waals surface area contributed by atoms with E-state index >= 15 is 0 Å². The summed E-state index contributed by atoms with van der Waals surface area (Å²) in [5.74, 6) is 5.14. The summed E-state index contributed by atoms with van der Waals surface area (Å²) in [4.78, 5) is 15.3. The van der Waals surface area contributed by atoms with Gasteiger partial charge in [-0.3, -0.25) is 0 Å². The Morgan fingerprint density at radius 2 is 2.04 bits per heavy atom. The van der Waals surface area contributed by atoms with Crippen LogP contribution in [0.4, 0.5) is 11.6 Å². The lowest BCUT2D eigenvalue weighted by atomic mass is 10.2. The average Bonchev–Trinajstić information content (AvgIpc) is 3.28. The molecule has 0 amide bonds. The number of anilines is 2. The van der Waals surface area contributed by atoms with Crippen LogP contribution < -0.4 is 21.5 Å². The topological polar surface area (TPSA) is 121 Å². The first kappa shape index (κ1) is 22.2. The second-order valence-corrected chi connectivity index (χ2v) is 7.72. The molecule has 9 heteroatoms. The van der Waals surface area contributed by atoms with Crippen molar-refractivity contribution < 1.29 is 9.47 Å². The van der Waals surface area contributed by atoms with E-state index in [9.17, 15) is 0 Å². The molecule has 5 N–H and O–H groups in total. The number of pyridine rings is 1. The second kappa shape index (κ2) is 11.0. The van der Waals surface area contributed by atoms with E-state index in [4.69, 9.17) is 15.2 Å². The van der Waals surface area contributed by atoms with Crippen molar-refractivity contribution in [3.05, 3.63) is 24.4 Å². The van der Waals surface area contributed by atoms with Crippen LogP contribution in [0.15, 0.2) is 24.4 Å². The minimum absolute atomic E-state index is 0. The van der Waals surface area contributed by atoms with E-state index in [0.29, 0.717) is 30.7 Å². The lowest BCUT2D eigenvalue weighted by Crippen LogP contribution is -2.44. The van der Waals surface area contributed by atoms with Crippen LogP contribution in [0.25, 0.3) is 11.4 Å². The molecule has 2 aromatic rings. The number of methoxy groups -OCH3 is 1. The normalized spacial score (nSPS) is 18.6. The molecule has 1 atom stereocenters. The molecule has 0 radical (unpaired) electrons. The van der Waals surface area contributed by atoms with Gasteiger partial charge in [0.15, 0.2) is 5.82 Å². The van der Waals surface area contributed by atoms with Crippen LogP contribution in [0, 0.1) is 0 Å².